The lowest BCUT2D eigenvalue weighted by molar-refractivity contribution is 0.197. The highest BCUT2D eigenvalue weighted by molar-refractivity contribution is 5.34. The van der Waals surface area contributed by atoms with E-state index in [0.717, 1.165) is 25.2 Å². The topological polar surface area (TPSA) is 32.5 Å². The molecule has 0 aromatic heterocycles. The second kappa shape index (κ2) is 5.12. The molecule has 2 N–H and O–H groups in total. The molecule has 4 heteroatoms. The Hall–Kier alpha value is -0.970. The van der Waals surface area contributed by atoms with Gasteiger partial charge in [0, 0.05) is 32.2 Å². The van der Waals surface area contributed by atoms with Crippen LogP contribution in [0.3, 0.4) is 0 Å². The van der Waals surface area contributed by atoms with E-state index in [1.807, 2.05) is 6.07 Å². The van der Waals surface area contributed by atoms with Crippen molar-refractivity contribution < 1.29 is 4.39 Å². The molecule has 1 aromatic rings. The van der Waals surface area contributed by atoms with Crippen molar-refractivity contribution in [2.75, 3.05) is 33.7 Å². The molecule has 0 saturated carbocycles. The molecule has 0 spiro atoms. The van der Waals surface area contributed by atoms with E-state index in [1.165, 1.54) is 11.6 Å². The van der Waals surface area contributed by atoms with Crippen LogP contribution >= 0.6 is 0 Å². The Morgan fingerprint density at radius 2 is 2.24 bits per heavy atom. The lowest BCUT2D eigenvalue weighted by Gasteiger charge is -2.25. The van der Waals surface area contributed by atoms with Crippen molar-refractivity contribution in [1.29, 1.82) is 0 Å². The smallest absolute Gasteiger partial charge is 0.123 e. The van der Waals surface area contributed by atoms with E-state index in [2.05, 4.69) is 23.9 Å². The van der Waals surface area contributed by atoms with Gasteiger partial charge in [-0.05, 0) is 37.4 Å². The van der Waals surface area contributed by atoms with Crippen molar-refractivity contribution in [3.8, 4) is 0 Å². The Morgan fingerprint density at radius 3 is 2.88 bits per heavy atom. The third-order valence-electron chi connectivity index (χ3n) is 3.34. The average molecular weight is 237 g/mol. The van der Waals surface area contributed by atoms with Crippen LogP contribution < -0.4 is 5.73 Å². The summed E-state index contributed by atoms with van der Waals surface area (Å²) >= 11 is 0. The molecule has 0 fully saturated rings. The number of likely N-dealkylation sites (N-methyl/N-ethyl adjacent to an activating group) is 1. The number of benzene rings is 1. The highest BCUT2D eigenvalue weighted by atomic mass is 19.1. The van der Waals surface area contributed by atoms with Gasteiger partial charge in [0.1, 0.15) is 5.82 Å². The van der Waals surface area contributed by atoms with Crippen LogP contribution in [0.2, 0.25) is 0 Å². The maximum absolute atomic E-state index is 13.2. The number of halogens is 1. The van der Waals surface area contributed by atoms with Gasteiger partial charge in [-0.2, -0.15) is 0 Å². The molecule has 3 nitrogen and oxygen atoms in total. The first-order valence-electron chi connectivity index (χ1n) is 5.99. The number of rotatable bonds is 4. The molecule has 1 aliphatic heterocycles. The minimum atomic E-state index is -0.170. The first kappa shape index (κ1) is 12.5. The predicted octanol–water partition coefficient (Wildman–Crippen LogP) is 1.20. The van der Waals surface area contributed by atoms with Gasteiger partial charge in [0.2, 0.25) is 0 Å². The van der Waals surface area contributed by atoms with Crippen LogP contribution in [0.5, 0.6) is 0 Å². The van der Waals surface area contributed by atoms with Gasteiger partial charge in [0.05, 0.1) is 0 Å². The molecule has 0 bridgehead atoms. The third kappa shape index (κ3) is 2.65. The van der Waals surface area contributed by atoms with E-state index in [1.54, 1.807) is 6.07 Å². The first-order chi connectivity index (χ1) is 8.11. The molecule has 94 valence electrons. The second-order valence-electron chi connectivity index (χ2n) is 4.87. The number of nitrogens with two attached hydrogens (primary N) is 1. The molecule has 2 rings (SSSR count). The summed E-state index contributed by atoms with van der Waals surface area (Å²) in [4.78, 5) is 4.47. The highest BCUT2D eigenvalue weighted by Crippen LogP contribution is 2.32. The molecule has 0 aliphatic carbocycles. The lowest BCUT2D eigenvalue weighted by Crippen LogP contribution is -2.33. The summed E-state index contributed by atoms with van der Waals surface area (Å²) in [6.45, 7) is 3.38. The Labute approximate surface area is 102 Å². The van der Waals surface area contributed by atoms with Crippen molar-refractivity contribution in [3.05, 3.63) is 35.1 Å². The summed E-state index contributed by atoms with van der Waals surface area (Å²) in [6.07, 6.45) is 0. The van der Waals surface area contributed by atoms with Crippen LogP contribution in [0.25, 0.3) is 0 Å². The molecular formula is C13H20FN3. The Morgan fingerprint density at radius 1 is 1.47 bits per heavy atom. The molecular weight excluding hydrogens is 217 g/mol. The van der Waals surface area contributed by atoms with Crippen molar-refractivity contribution in [1.82, 2.24) is 9.80 Å². The van der Waals surface area contributed by atoms with E-state index < -0.39 is 0 Å². The molecule has 1 atom stereocenters. The SMILES string of the molecule is CN(C)CCN1Cc2ccc(F)cc2C1CN. The molecule has 1 unspecified atom stereocenters. The fourth-order valence-electron chi connectivity index (χ4n) is 2.39. The second-order valence-corrected chi connectivity index (χ2v) is 4.87. The van der Waals surface area contributed by atoms with E-state index in [4.69, 9.17) is 5.73 Å². The molecule has 1 aromatic carbocycles. The quantitative estimate of drug-likeness (QED) is 0.854. The Kier molecular flexibility index (Phi) is 3.76. The summed E-state index contributed by atoms with van der Waals surface area (Å²) in [5, 5.41) is 0. The number of nitrogens with zero attached hydrogens (tertiary/aromatic N) is 2. The lowest BCUT2D eigenvalue weighted by atomic mass is 10.0. The first-order valence-corrected chi connectivity index (χ1v) is 5.99. The molecule has 17 heavy (non-hydrogen) atoms. The van der Waals surface area contributed by atoms with Crippen LogP contribution in [-0.2, 0) is 6.54 Å². The van der Waals surface area contributed by atoms with Crippen molar-refractivity contribution in [2.45, 2.75) is 12.6 Å². The molecule has 0 saturated heterocycles. The summed E-state index contributed by atoms with van der Waals surface area (Å²) in [5.74, 6) is -0.170. The van der Waals surface area contributed by atoms with Gasteiger partial charge in [-0.3, -0.25) is 4.90 Å². The maximum atomic E-state index is 13.2. The van der Waals surface area contributed by atoms with Gasteiger partial charge in [0.25, 0.3) is 0 Å². The van der Waals surface area contributed by atoms with Gasteiger partial charge < -0.3 is 10.6 Å². The zero-order valence-electron chi connectivity index (χ0n) is 10.5. The number of hydrogen-bond acceptors (Lipinski definition) is 3. The molecule has 1 heterocycles. The third-order valence-corrected chi connectivity index (χ3v) is 3.34. The van der Waals surface area contributed by atoms with Crippen LogP contribution in [0.1, 0.15) is 17.2 Å². The van der Waals surface area contributed by atoms with E-state index in [0.29, 0.717) is 6.54 Å². The van der Waals surface area contributed by atoms with Gasteiger partial charge >= 0.3 is 0 Å². The van der Waals surface area contributed by atoms with E-state index >= 15 is 0 Å². The predicted molar refractivity (Wildman–Crippen MR) is 67.2 cm³/mol. The number of fused-ring (bicyclic) bond motifs is 1. The van der Waals surface area contributed by atoms with Gasteiger partial charge in [-0.15, -0.1) is 0 Å². The van der Waals surface area contributed by atoms with Crippen LogP contribution in [-0.4, -0.2) is 43.5 Å². The van der Waals surface area contributed by atoms with Gasteiger partial charge in [-0.1, -0.05) is 6.07 Å². The standard InChI is InChI=1S/C13H20FN3/c1-16(2)5-6-17-9-10-3-4-11(14)7-12(10)13(17)8-15/h3-4,7,13H,5-6,8-9,15H2,1-2H3. The van der Waals surface area contributed by atoms with Gasteiger partial charge in [-0.25, -0.2) is 4.39 Å². The maximum Gasteiger partial charge on any atom is 0.123 e. The fourth-order valence-corrected chi connectivity index (χ4v) is 2.39. The van der Waals surface area contributed by atoms with Crippen LogP contribution in [0, 0.1) is 5.82 Å². The molecule has 1 aliphatic rings. The monoisotopic (exact) mass is 237 g/mol. The van der Waals surface area contributed by atoms with Gasteiger partial charge in [0.15, 0.2) is 0 Å². The van der Waals surface area contributed by atoms with E-state index in [-0.39, 0.29) is 11.9 Å². The Balaban J connectivity index is 2.14. The Bertz CT molecular complexity index is 392. The van der Waals surface area contributed by atoms with Crippen LogP contribution in [0.4, 0.5) is 4.39 Å². The zero-order valence-corrected chi connectivity index (χ0v) is 10.5. The van der Waals surface area contributed by atoms with Crippen molar-refractivity contribution in [3.63, 3.8) is 0 Å². The minimum Gasteiger partial charge on any atom is -0.329 e. The van der Waals surface area contributed by atoms with Crippen molar-refractivity contribution in [2.24, 2.45) is 5.73 Å². The van der Waals surface area contributed by atoms with Crippen LogP contribution in [0.15, 0.2) is 18.2 Å². The van der Waals surface area contributed by atoms with E-state index in [9.17, 15) is 4.39 Å². The normalized spacial score (nSPS) is 19.9. The summed E-state index contributed by atoms with van der Waals surface area (Å²) < 4.78 is 13.2. The summed E-state index contributed by atoms with van der Waals surface area (Å²) in [6, 6.07) is 5.20. The van der Waals surface area contributed by atoms with Crippen molar-refractivity contribution >= 4 is 0 Å². The molecule has 0 amide bonds. The largest absolute Gasteiger partial charge is 0.329 e. The molecule has 0 radical (unpaired) electrons. The summed E-state index contributed by atoms with van der Waals surface area (Å²) in [7, 11) is 4.11. The fraction of sp³-hybridized carbons (Fsp3) is 0.538. The minimum absolute atomic E-state index is 0.167. The zero-order chi connectivity index (χ0) is 12.4. The number of hydrogen-bond donors (Lipinski definition) is 1. The summed E-state index contributed by atoms with van der Waals surface area (Å²) in [5.41, 5.74) is 8.09. The average Bonchev–Trinajstić information content (AvgIpc) is 2.63. The highest BCUT2D eigenvalue weighted by Gasteiger charge is 2.28.